The fourth-order valence-corrected chi connectivity index (χ4v) is 12.5. The molecule has 9 nitrogen and oxygen atoms in total. The van der Waals surface area contributed by atoms with Crippen LogP contribution >= 0.6 is 0 Å². The van der Waals surface area contributed by atoms with Gasteiger partial charge < -0.3 is 24.4 Å². The Labute approximate surface area is 415 Å². The molecule has 0 unspecified atom stereocenters. The molecule has 0 radical (unpaired) electrons. The Kier molecular flexibility index (Phi) is 20.2. The quantitative estimate of drug-likeness (QED) is 0.150. The van der Waals surface area contributed by atoms with Crippen molar-refractivity contribution >= 4 is 33.5 Å². The van der Waals surface area contributed by atoms with E-state index in [1.54, 1.807) is 12.1 Å². The maximum absolute atomic E-state index is 12.0. The largest absolute Gasteiger partial charge is 0.508 e. The van der Waals surface area contributed by atoms with Crippen LogP contribution in [-0.4, -0.2) is 83.6 Å². The van der Waals surface area contributed by atoms with Crippen molar-refractivity contribution in [2.45, 2.75) is 182 Å². The molecule has 69 heavy (non-hydrogen) atoms. The van der Waals surface area contributed by atoms with Gasteiger partial charge in [0.15, 0.2) is 0 Å². The highest BCUT2D eigenvalue weighted by Crippen LogP contribution is 2.50. The molecule has 9 heteroatoms. The molecule has 2 N–H and O–H groups in total. The van der Waals surface area contributed by atoms with Crippen molar-refractivity contribution in [2.75, 3.05) is 39.4 Å². The molecule has 6 aliphatic rings. The summed E-state index contributed by atoms with van der Waals surface area (Å²) in [5.41, 5.74) is 3.95. The van der Waals surface area contributed by atoms with Crippen LogP contribution < -0.4 is 4.74 Å². The van der Waals surface area contributed by atoms with E-state index < -0.39 is 0 Å². The molecule has 4 aromatic carbocycles. The number of likely N-dealkylation sites (tertiary alicyclic amines) is 2. The number of piperidine rings is 2. The van der Waals surface area contributed by atoms with Crippen LogP contribution in [-0.2, 0) is 32.2 Å². The van der Waals surface area contributed by atoms with E-state index in [4.69, 9.17) is 14.2 Å². The van der Waals surface area contributed by atoms with E-state index in [1.807, 2.05) is 19.9 Å². The molecule has 2 spiro atoms. The number of rotatable bonds is 10. The molecular weight excluding hydrogens is 861 g/mol. The average Bonchev–Trinajstić information content (AvgIpc) is 4.02. The maximum Gasteiger partial charge on any atom is 0.309 e. The molecule has 4 aliphatic carbocycles. The number of aliphatic hydroxyl groups is 1. The molecule has 0 atom stereocenters. The van der Waals surface area contributed by atoms with Gasteiger partial charge in [0.05, 0.1) is 37.3 Å². The van der Waals surface area contributed by atoms with E-state index in [-0.39, 0.29) is 44.7 Å². The summed E-state index contributed by atoms with van der Waals surface area (Å²) in [6.07, 6.45) is 25.4. The SMILES string of the molecule is C.C.CCOC(=O)C1CCN(Cc2ccc3cc(O)ccc3c2)CC1.CCOC(=O)C1CCN(Cc2ccc3cc(OC4CCC5(CCCC5)CC4)ccc3c2)CC1.OC1CCC2(CCCC2)CC1. The highest BCUT2D eigenvalue weighted by atomic mass is 16.5. The first-order valence-corrected chi connectivity index (χ1v) is 26.5. The Morgan fingerprint density at radius 3 is 1.41 bits per heavy atom. The third kappa shape index (κ3) is 14.9. The molecule has 380 valence electrons. The van der Waals surface area contributed by atoms with Gasteiger partial charge in [0, 0.05) is 13.1 Å². The first-order chi connectivity index (χ1) is 32.6. The van der Waals surface area contributed by atoms with E-state index >= 15 is 0 Å². The van der Waals surface area contributed by atoms with Gasteiger partial charge in [0.1, 0.15) is 11.5 Å². The van der Waals surface area contributed by atoms with Gasteiger partial charge >= 0.3 is 11.9 Å². The van der Waals surface area contributed by atoms with Crippen molar-refractivity contribution in [1.82, 2.24) is 9.80 Å². The fourth-order valence-electron chi connectivity index (χ4n) is 12.5. The van der Waals surface area contributed by atoms with Crippen LogP contribution in [0.1, 0.15) is 168 Å². The molecule has 6 fully saturated rings. The summed E-state index contributed by atoms with van der Waals surface area (Å²) in [6.45, 7) is 10.3. The molecule has 0 amide bonds. The van der Waals surface area contributed by atoms with Gasteiger partial charge in [0.2, 0.25) is 0 Å². The summed E-state index contributed by atoms with van der Waals surface area (Å²) in [7, 11) is 0. The number of carbonyl (C=O) groups excluding carboxylic acids is 2. The third-order valence-electron chi connectivity index (χ3n) is 16.6. The molecule has 10 rings (SSSR count). The van der Waals surface area contributed by atoms with Crippen LogP contribution in [0.3, 0.4) is 0 Å². The van der Waals surface area contributed by atoms with Crippen molar-refractivity contribution < 1.29 is 34.0 Å². The Hall–Kier alpha value is -4.18. The van der Waals surface area contributed by atoms with Crippen molar-refractivity contribution in [1.29, 1.82) is 0 Å². The number of nitrogens with zero attached hydrogens (tertiary/aromatic N) is 2. The number of phenolic OH excluding ortho intramolecular Hbond substituents is 1. The first-order valence-electron chi connectivity index (χ1n) is 26.5. The van der Waals surface area contributed by atoms with Crippen LogP contribution in [0.4, 0.5) is 0 Å². The molecule has 2 heterocycles. The third-order valence-corrected chi connectivity index (χ3v) is 16.6. The maximum atomic E-state index is 12.0. The minimum absolute atomic E-state index is 0. The monoisotopic (exact) mass is 949 g/mol. The number of phenols is 1. The summed E-state index contributed by atoms with van der Waals surface area (Å²) in [5, 5.41) is 23.6. The van der Waals surface area contributed by atoms with Crippen molar-refractivity contribution in [3.8, 4) is 11.5 Å². The van der Waals surface area contributed by atoms with Crippen LogP contribution in [0.15, 0.2) is 72.8 Å². The summed E-state index contributed by atoms with van der Waals surface area (Å²) in [4.78, 5) is 28.6. The molecule has 2 aliphatic heterocycles. The van der Waals surface area contributed by atoms with Gasteiger partial charge in [-0.25, -0.2) is 0 Å². The number of fused-ring (bicyclic) bond motifs is 2. The summed E-state index contributed by atoms with van der Waals surface area (Å²) < 4.78 is 16.7. The smallest absolute Gasteiger partial charge is 0.309 e. The first kappa shape index (κ1) is 54.2. The summed E-state index contributed by atoms with van der Waals surface area (Å²) in [5.74, 6) is 1.38. The van der Waals surface area contributed by atoms with Gasteiger partial charge in [-0.2, -0.15) is 0 Å². The zero-order valence-electron chi connectivity index (χ0n) is 40.9. The van der Waals surface area contributed by atoms with E-state index in [9.17, 15) is 19.8 Å². The molecule has 4 saturated carbocycles. The van der Waals surface area contributed by atoms with Crippen molar-refractivity contribution in [3.63, 3.8) is 0 Å². The Bertz CT molecular complexity index is 2190. The molecule has 2 saturated heterocycles. The lowest BCUT2D eigenvalue weighted by atomic mass is 9.72. The van der Waals surface area contributed by atoms with E-state index in [0.29, 0.717) is 35.9 Å². The lowest BCUT2D eigenvalue weighted by Gasteiger charge is -2.37. The topological polar surface area (TPSA) is 109 Å². The predicted molar refractivity (Wildman–Crippen MR) is 281 cm³/mol. The minimum atomic E-state index is -0.0438. The molecular formula is C60H88N2O7. The van der Waals surface area contributed by atoms with E-state index in [0.717, 1.165) is 94.3 Å². The minimum Gasteiger partial charge on any atom is -0.508 e. The fraction of sp³-hybridized carbons (Fsp3) is 0.633. The second-order valence-corrected chi connectivity index (χ2v) is 21.3. The number of aromatic hydroxyl groups is 1. The van der Waals surface area contributed by atoms with Gasteiger partial charge in [-0.05, 0) is 223 Å². The van der Waals surface area contributed by atoms with Gasteiger partial charge in [-0.15, -0.1) is 0 Å². The van der Waals surface area contributed by atoms with Crippen LogP contribution in [0.25, 0.3) is 21.5 Å². The number of hydrogen-bond donors (Lipinski definition) is 2. The Morgan fingerprint density at radius 1 is 0.536 bits per heavy atom. The van der Waals surface area contributed by atoms with Gasteiger partial charge in [-0.1, -0.05) is 76.9 Å². The number of hydrogen-bond acceptors (Lipinski definition) is 9. The lowest BCUT2D eigenvalue weighted by molar-refractivity contribution is -0.150. The highest BCUT2D eigenvalue weighted by molar-refractivity contribution is 5.85. The average molecular weight is 949 g/mol. The molecule has 0 aromatic heterocycles. The van der Waals surface area contributed by atoms with Gasteiger partial charge in [-0.3, -0.25) is 19.4 Å². The molecule has 0 bridgehead atoms. The standard InChI is InChI=1S/C29H39NO3.C19H23NO3.C10H18O.2CH4/c1-2-32-28(31)23-11-17-30(18-12-23)21-22-5-6-25-20-27(8-7-24(25)19-22)33-26-9-15-29(16-10-26)13-3-4-14-29;1-2-23-19(22)15-7-9-20(10-8-15)13-14-3-4-17-12-18(21)6-5-16(17)11-14;11-9-3-7-10(8-4-9)5-1-2-6-10;;/h5-8,19-20,23,26H,2-4,9-18,21H2,1H3;3-6,11-12,15,21H,2,7-10,13H2,1H3;9,11H,1-8H2;2*1H4. The zero-order valence-corrected chi connectivity index (χ0v) is 40.9. The summed E-state index contributed by atoms with van der Waals surface area (Å²) >= 11 is 0. The van der Waals surface area contributed by atoms with Crippen LogP contribution in [0.5, 0.6) is 11.5 Å². The normalized spacial score (nSPS) is 21.9. The number of aliphatic hydroxyl groups excluding tert-OH is 1. The zero-order chi connectivity index (χ0) is 46.6. The number of esters is 2. The van der Waals surface area contributed by atoms with Crippen molar-refractivity contribution in [3.05, 3.63) is 83.9 Å². The Morgan fingerprint density at radius 2 is 0.942 bits per heavy atom. The number of carbonyl (C=O) groups is 2. The number of benzene rings is 4. The Balaban J connectivity index is 0.000000188. The second kappa shape index (κ2) is 25.8. The van der Waals surface area contributed by atoms with Crippen LogP contribution in [0.2, 0.25) is 0 Å². The predicted octanol–water partition coefficient (Wildman–Crippen LogP) is 13.6. The number of ether oxygens (including phenoxy) is 3. The van der Waals surface area contributed by atoms with E-state index in [2.05, 4.69) is 64.4 Å². The van der Waals surface area contributed by atoms with Crippen LogP contribution in [0, 0.1) is 22.7 Å². The van der Waals surface area contributed by atoms with E-state index in [1.165, 1.54) is 112 Å². The van der Waals surface area contributed by atoms with Gasteiger partial charge in [0.25, 0.3) is 0 Å². The second-order valence-electron chi connectivity index (χ2n) is 21.3. The van der Waals surface area contributed by atoms with Crippen molar-refractivity contribution in [2.24, 2.45) is 22.7 Å². The summed E-state index contributed by atoms with van der Waals surface area (Å²) in [6, 6.07) is 25.1. The lowest BCUT2D eigenvalue weighted by Crippen LogP contribution is -2.36. The highest BCUT2D eigenvalue weighted by Gasteiger charge is 2.39. The molecule has 4 aromatic rings.